The quantitative estimate of drug-likeness (QED) is 0.162. The van der Waals surface area contributed by atoms with Gasteiger partial charge < -0.3 is 20.4 Å². The van der Waals surface area contributed by atoms with Crippen molar-refractivity contribution in [3.63, 3.8) is 0 Å². The highest BCUT2D eigenvalue weighted by Gasteiger charge is 2.29. The van der Waals surface area contributed by atoms with Crippen LogP contribution in [0.5, 0.6) is 23.0 Å². The first-order chi connectivity index (χ1) is 28.7. The fourth-order valence-corrected chi connectivity index (χ4v) is 11.9. The van der Waals surface area contributed by atoms with Gasteiger partial charge in [-0.15, -0.1) is 0 Å². The Balaban J connectivity index is 1.41. The van der Waals surface area contributed by atoms with Gasteiger partial charge in [0.1, 0.15) is 23.0 Å². The lowest BCUT2D eigenvalue weighted by Crippen LogP contribution is -2.04. The maximum absolute atomic E-state index is 10.7. The SMILES string of the molecule is Oc1c(Br)cc(C2=C3C=CC(=N3)C(c3cc(Br)c(O)c(Br)c3)=C3C=CC(=N3)C(c3cc(Br)c(O)c(Br)c3)=C3C=CC(=N3)C(c3cc(Br)c(O)c(Br)c3)=C3C=CC2=N3)cc1Br. The maximum atomic E-state index is 10.7. The molecule has 0 radical (unpaired) electrons. The summed E-state index contributed by atoms with van der Waals surface area (Å²) in [5.41, 5.74) is 10.5. The van der Waals surface area contributed by atoms with E-state index >= 15 is 0 Å². The van der Waals surface area contributed by atoms with Gasteiger partial charge in [-0.2, -0.15) is 0 Å². The van der Waals surface area contributed by atoms with Crippen molar-refractivity contribution >= 4 is 173 Å². The first-order valence-electron chi connectivity index (χ1n) is 17.5. The van der Waals surface area contributed by atoms with Crippen LogP contribution in [0.15, 0.2) is 176 Å². The van der Waals surface area contributed by atoms with Crippen molar-refractivity contribution < 1.29 is 20.4 Å². The van der Waals surface area contributed by atoms with Gasteiger partial charge in [0.05, 0.1) is 81.4 Å². The molecule has 5 aliphatic rings. The van der Waals surface area contributed by atoms with Crippen molar-refractivity contribution in [2.75, 3.05) is 0 Å². The van der Waals surface area contributed by atoms with E-state index in [0.29, 0.717) is 104 Å². The first-order valence-corrected chi connectivity index (χ1v) is 23.8. The Morgan fingerprint density at radius 1 is 0.267 bits per heavy atom. The number of halogens is 8. The number of phenols is 4. The second-order valence-corrected chi connectivity index (χ2v) is 20.4. The summed E-state index contributed by atoms with van der Waals surface area (Å²) in [4.78, 5) is 21.1. The van der Waals surface area contributed by atoms with Gasteiger partial charge >= 0.3 is 0 Å². The van der Waals surface area contributed by atoms with E-state index in [1.54, 1.807) is 0 Å². The van der Waals surface area contributed by atoms with Crippen LogP contribution in [0.25, 0.3) is 22.3 Å². The van der Waals surface area contributed by atoms with Crippen LogP contribution in [0, 0.1) is 0 Å². The van der Waals surface area contributed by atoms with Gasteiger partial charge in [0.25, 0.3) is 0 Å². The lowest BCUT2D eigenvalue weighted by atomic mass is 9.98. The zero-order chi connectivity index (χ0) is 42.3. The minimum absolute atomic E-state index is 0.0532. The van der Waals surface area contributed by atoms with Gasteiger partial charge in [-0.3, -0.25) is 0 Å². The van der Waals surface area contributed by atoms with Gasteiger partial charge in [-0.25, -0.2) is 20.0 Å². The van der Waals surface area contributed by atoms with Crippen LogP contribution in [0.4, 0.5) is 0 Å². The van der Waals surface area contributed by atoms with E-state index in [9.17, 15) is 20.4 Å². The Bertz CT molecular complexity index is 2600. The minimum atomic E-state index is 0.0532. The Morgan fingerprint density at radius 3 is 0.600 bits per heavy atom. The van der Waals surface area contributed by atoms with Crippen LogP contribution in [-0.2, 0) is 0 Å². The molecular formula is C44H20Br8N4O4. The number of hydrogen-bond donors (Lipinski definition) is 4. The number of fused-ring (bicyclic) bond motifs is 4. The fraction of sp³-hybridized carbons (Fsp3) is 0. The van der Waals surface area contributed by atoms with E-state index in [-0.39, 0.29) is 23.0 Å². The number of aromatic hydroxyl groups is 4. The number of nitrogens with zero attached hydrogens (tertiary/aromatic N) is 4. The number of benzene rings is 4. The van der Waals surface area contributed by atoms with Crippen LogP contribution < -0.4 is 0 Å². The van der Waals surface area contributed by atoms with E-state index in [0.717, 1.165) is 22.3 Å². The molecule has 0 aromatic heterocycles. The number of phenolic OH excluding ortho intramolecular Hbond substituents is 4. The molecule has 5 heterocycles. The summed E-state index contributed by atoms with van der Waals surface area (Å²) in [6, 6.07) is 14.6. The smallest absolute Gasteiger partial charge is 0.143 e. The molecule has 4 aromatic carbocycles. The van der Waals surface area contributed by atoms with Crippen molar-refractivity contribution in [1.29, 1.82) is 0 Å². The third kappa shape index (κ3) is 7.48. The average molecular weight is 1310 g/mol. The van der Waals surface area contributed by atoms with Crippen molar-refractivity contribution in [2.45, 2.75) is 0 Å². The third-order valence-electron chi connectivity index (χ3n) is 9.83. The van der Waals surface area contributed by atoms with Crippen LogP contribution in [0.2, 0.25) is 0 Å². The maximum Gasteiger partial charge on any atom is 0.143 e. The molecule has 60 heavy (non-hydrogen) atoms. The molecule has 4 N–H and O–H groups in total. The van der Waals surface area contributed by atoms with Gasteiger partial charge in [0.2, 0.25) is 0 Å². The molecule has 0 amide bonds. The second kappa shape index (κ2) is 16.3. The molecule has 0 saturated carbocycles. The first kappa shape index (κ1) is 41.9. The van der Waals surface area contributed by atoms with Crippen molar-refractivity contribution in [2.24, 2.45) is 20.0 Å². The standard InChI is InChI=1S/C44H20Br8N4O4/c45-21-9-17(10-22(46)41(21)57)37-29-1-2-30(53-29)38(18-11-23(47)42(58)24(48)12-18)32-5-6-34(55-32)40(20-15-27(51)44(60)28(52)16-20)36-8-7-35(56-36)39(33-4-3-31(37)54-33)19-13-25(49)43(59)26(50)14-19/h1-16,57-60H. The molecule has 0 spiro atoms. The molecule has 8 bridgehead atoms. The summed E-state index contributed by atoms with van der Waals surface area (Å²) < 4.78 is 3.81. The molecule has 0 atom stereocenters. The highest BCUT2D eigenvalue weighted by Crippen LogP contribution is 2.45. The highest BCUT2D eigenvalue weighted by atomic mass is 79.9. The van der Waals surface area contributed by atoms with E-state index in [1.165, 1.54) is 0 Å². The van der Waals surface area contributed by atoms with Crippen molar-refractivity contribution in [1.82, 2.24) is 0 Å². The predicted octanol–water partition coefficient (Wildman–Crippen LogP) is 14.6. The summed E-state index contributed by atoms with van der Waals surface area (Å²) in [5.74, 6) is 0.213. The molecule has 16 heteroatoms. The normalized spacial score (nSPS) is 16.8. The number of hydrogen-bond acceptors (Lipinski definition) is 8. The summed E-state index contributed by atoms with van der Waals surface area (Å²) >= 11 is 28.2. The average Bonchev–Trinajstić information content (AvgIpc) is 4.05. The predicted molar refractivity (Wildman–Crippen MR) is 268 cm³/mol. The van der Waals surface area contributed by atoms with E-state index in [4.69, 9.17) is 20.0 Å². The number of rotatable bonds is 4. The molecule has 8 nitrogen and oxygen atoms in total. The molecular weight excluding hydrogens is 1290 g/mol. The van der Waals surface area contributed by atoms with Crippen LogP contribution >= 0.6 is 127 Å². The van der Waals surface area contributed by atoms with Crippen LogP contribution in [0.1, 0.15) is 22.3 Å². The fourth-order valence-electron chi connectivity index (χ4n) is 7.11. The summed E-state index contributed by atoms with van der Waals surface area (Å²) in [6.07, 6.45) is 15.4. The molecule has 296 valence electrons. The van der Waals surface area contributed by atoms with E-state index in [2.05, 4.69) is 127 Å². The third-order valence-corrected chi connectivity index (χ3v) is 14.7. The molecule has 0 aliphatic carbocycles. The van der Waals surface area contributed by atoms with Gasteiger partial charge in [-0.1, -0.05) is 0 Å². The van der Waals surface area contributed by atoms with Gasteiger partial charge in [-0.05, 0) is 247 Å². The van der Waals surface area contributed by atoms with Crippen LogP contribution in [-0.4, -0.2) is 43.3 Å². The molecule has 5 aliphatic heterocycles. The van der Waals surface area contributed by atoms with Gasteiger partial charge in [0.15, 0.2) is 0 Å². The molecule has 0 fully saturated rings. The number of allylic oxidation sites excluding steroid dienone is 12. The molecule has 0 saturated heterocycles. The number of aliphatic imine (C=N–C) groups is 4. The zero-order valence-electron chi connectivity index (χ0n) is 29.8. The van der Waals surface area contributed by atoms with E-state index < -0.39 is 0 Å². The molecule has 0 unspecified atom stereocenters. The highest BCUT2D eigenvalue weighted by molar-refractivity contribution is 9.12. The second-order valence-electron chi connectivity index (χ2n) is 13.5. The topological polar surface area (TPSA) is 130 Å². The minimum Gasteiger partial charge on any atom is -0.506 e. The summed E-state index contributed by atoms with van der Waals surface area (Å²) in [7, 11) is 0. The Hall–Kier alpha value is -3.48. The Labute approximate surface area is 409 Å². The van der Waals surface area contributed by atoms with Crippen molar-refractivity contribution in [3.8, 4) is 23.0 Å². The van der Waals surface area contributed by atoms with E-state index in [1.807, 2.05) is 97.1 Å². The largest absolute Gasteiger partial charge is 0.506 e. The molecule has 4 aromatic rings. The molecule has 9 rings (SSSR count). The summed E-state index contributed by atoms with van der Waals surface area (Å²) in [6.45, 7) is 0. The van der Waals surface area contributed by atoms with Crippen LogP contribution in [0.3, 0.4) is 0 Å². The van der Waals surface area contributed by atoms with Crippen molar-refractivity contribution in [3.05, 3.63) is 178 Å². The Kier molecular flexibility index (Phi) is 11.4. The monoisotopic (exact) mass is 1300 g/mol. The zero-order valence-corrected chi connectivity index (χ0v) is 42.5. The lowest BCUT2D eigenvalue weighted by molar-refractivity contribution is 0.468. The van der Waals surface area contributed by atoms with Gasteiger partial charge in [0, 0.05) is 22.3 Å². The summed E-state index contributed by atoms with van der Waals surface area (Å²) in [5, 5.41) is 42.9. The lowest BCUT2D eigenvalue weighted by Gasteiger charge is -2.14. The Morgan fingerprint density at radius 2 is 0.433 bits per heavy atom.